The number of benzene rings is 2. The molecule has 2 heterocycles. The normalized spacial score (nSPS) is 16.2. The predicted octanol–water partition coefficient (Wildman–Crippen LogP) is 4.17. The number of fused-ring (bicyclic) bond motifs is 1. The van der Waals surface area contributed by atoms with Gasteiger partial charge in [0.15, 0.2) is 5.75 Å². The van der Waals surface area contributed by atoms with Crippen molar-refractivity contribution in [3.63, 3.8) is 0 Å². The lowest BCUT2D eigenvalue weighted by Crippen LogP contribution is -2.40. The Hall–Kier alpha value is -3.81. The summed E-state index contributed by atoms with van der Waals surface area (Å²) in [5.41, 5.74) is 7.84. The molecule has 15 heteroatoms. The second kappa shape index (κ2) is 16.7. The van der Waals surface area contributed by atoms with E-state index in [-0.39, 0.29) is 67.6 Å². The van der Waals surface area contributed by atoms with Gasteiger partial charge in [-0.3, -0.25) is 19.9 Å². The van der Waals surface area contributed by atoms with Crippen molar-refractivity contribution in [3.8, 4) is 5.75 Å². The highest BCUT2D eigenvalue weighted by Gasteiger charge is 2.39. The maximum atomic E-state index is 13.7. The van der Waals surface area contributed by atoms with Crippen molar-refractivity contribution in [3.05, 3.63) is 64.7 Å². The van der Waals surface area contributed by atoms with Gasteiger partial charge in [-0.2, -0.15) is 0 Å². The Balaban J connectivity index is 0.00000368. The topological polar surface area (TPSA) is 176 Å². The van der Waals surface area contributed by atoms with Crippen molar-refractivity contribution in [2.24, 2.45) is 5.73 Å². The van der Waals surface area contributed by atoms with Crippen molar-refractivity contribution >= 4 is 70.2 Å². The largest absolute Gasteiger partial charge is 0.489 e. The lowest BCUT2D eigenvalue weighted by Gasteiger charge is -2.33. The van der Waals surface area contributed by atoms with Crippen LogP contribution < -0.4 is 14.8 Å². The van der Waals surface area contributed by atoms with Gasteiger partial charge in [-0.15, -0.1) is 24.8 Å². The average molecular weight is 699 g/mol. The third-order valence-corrected chi connectivity index (χ3v) is 9.13. The fourth-order valence-corrected chi connectivity index (χ4v) is 6.92. The highest BCUT2D eigenvalue weighted by atomic mass is 35.5. The number of carbonyl (C=O) groups excluding carboxylic acids is 2. The number of anilines is 1. The summed E-state index contributed by atoms with van der Waals surface area (Å²) in [5, 5.41) is 15.6. The Morgan fingerprint density at radius 1 is 1.04 bits per heavy atom. The number of esters is 2. The molecule has 1 atom stereocenters. The summed E-state index contributed by atoms with van der Waals surface area (Å²) in [6, 6.07) is 9.40. The van der Waals surface area contributed by atoms with E-state index in [1.54, 1.807) is 63.3 Å². The van der Waals surface area contributed by atoms with Crippen LogP contribution in [0.4, 0.5) is 5.69 Å². The molecule has 46 heavy (non-hydrogen) atoms. The monoisotopic (exact) mass is 697 g/mol. The molecule has 0 radical (unpaired) electrons. The van der Waals surface area contributed by atoms with Gasteiger partial charge in [-0.1, -0.05) is 30.4 Å². The molecule has 4 N–H and O–H groups in total. The van der Waals surface area contributed by atoms with Gasteiger partial charge in [-0.05, 0) is 56.5 Å². The highest BCUT2D eigenvalue weighted by Crippen LogP contribution is 2.41. The molecular weight excluding hydrogens is 657 g/mol. The number of nitrogens with zero attached hydrogens (tertiary/aromatic N) is 2. The molecule has 1 fully saturated rings. The van der Waals surface area contributed by atoms with Gasteiger partial charge in [-0.25, -0.2) is 13.2 Å². The van der Waals surface area contributed by atoms with E-state index in [9.17, 15) is 18.0 Å². The van der Waals surface area contributed by atoms with Gasteiger partial charge in [0.25, 0.3) is 0 Å². The summed E-state index contributed by atoms with van der Waals surface area (Å²) < 4.78 is 45.2. The van der Waals surface area contributed by atoms with Crippen LogP contribution in [-0.4, -0.2) is 81.1 Å². The van der Waals surface area contributed by atoms with Crippen LogP contribution in [0.3, 0.4) is 0 Å². The number of piperidine rings is 1. The van der Waals surface area contributed by atoms with Crippen LogP contribution in [0.5, 0.6) is 5.75 Å². The van der Waals surface area contributed by atoms with Crippen LogP contribution in [0, 0.1) is 10.8 Å². The first-order valence-electron chi connectivity index (χ1n) is 14.5. The summed E-state index contributed by atoms with van der Waals surface area (Å²) >= 11 is 0. The quantitative estimate of drug-likeness (QED) is 0.177. The van der Waals surface area contributed by atoms with Gasteiger partial charge in [0.1, 0.15) is 23.3 Å². The molecule has 2 aliphatic heterocycles. The first kappa shape index (κ1) is 38.4. The molecular formula is C31H41Cl2N5O7S. The molecule has 0 spiro atoms. The van der Waals surface area contributed by atoms with Crippen molar-refractivity contribution in [2.45, 2.75) is 52.2 Å². The number of likely N-dealkylation sites (tertiary alicyclic amines) is 1. The second-order valence-corrected chi connectivity index (χ2v) is 12.5. The van der Waals surface area contributed by atoms with E-state index in [0.717, 1.165) is 4.31 Å². The van der Waals surface area contributed by atoms with Crippen LogP contribution in [-0.2, 0) is 30.7 Å². The Morgan fingerprint density at radius 3 is 2.33 bits per heavy atom. The first-order valence-corrected chi connectivity index (χ1v) is 16.2. The van der Waals surface area contributed by atoms with Gasteiger partial charge >= 0.3 is 11.9 Å². The van der Waals surface area contributed by atoms with Crippen LogP contribution >= 0.6 is 24.8 Å². The van der Waals surface area contributed by atoms with Crippen LogP contribution in [0.15, 0.2) is 42.5 Å². The summed E-state index contributed by atoms with van der Waals surface area (Å²) in [4.78, 5) is 27.4. The van der Waals surface area contributed by atoms with E-state index in [4.69, 9.17) is 30.8 Å². The number of nitrogens with two attached hydrogens (primary N) is 1. The van der Waals surface area contributed by atoms with E-state index >= 15 is 0 Å². The number of nitrogens with one attached hydrogen (secondary N) is 2. The lowest BCUT2D eigenvalue weighted by molar-refractivity contribution is -0.139. The van der Waals surface area contributed by atoms with Crippen LogP contribution in [0.25, 0.3) is 6.08 Å². The number of sulfonamides is 1. The molecule has 1 saturated heterocycles. The summed E-state index contributed by atoms with van der Waals surface area (Å²) in [5.74, 6) is -1.71. The van der Waals surface area contributed by atoms with Gasteiger partial charge < -0.3 is 24.8 Å². The van der Waals surface area contributed by atoms with Crippen LogP contribution in [0.2, 0.25) is 0 Å². The van der Waals surface area contributed by atoms with Gasteiger partial charge in [0.05, 0.1) is 30.8 Å². The SMILES string of the molecule is CCOC(=O)CS(=O)(=O)N1c2cc(C(=O)OCC)c(OC3CCN(C(C)=N)CC3)cc2CC1/C=C/c1cccc(C(=N)N)c1.Cl.Cl. The molecule has 0 aromatic heterocycles. The molecule has 0 saturated carbocycles. The smallest absolute Gasteiger partial charge is 0.341 e. The van der Waals surface area contributed by atoms with Crippen molar-refractivity contribution in [1.29, 1.82) is 10.8 Å². The fourth-order valence-electron chi connectivity index (χ4n) is 5.38. The number of hydrogen-bond donors (Lipinski definition) is 3. The molecule has 12 nitrogen and oxygen atoms in total. The van der Waals surface area contributed by atoms with E-state index in [1.807, 2.05) is 4.90 Å². The second-order valence-electron chi connectivity index (χ2n) is 10.6. The average Bonchev–Trinajstić information content (AvgIpc) is 3.34. The maximum absolute atomic E-state index is 13.7. The third kappa shape index (κ3) is 9.14. The molecule has 1 unspecified atom stereocenters. The number of amidine groups is 2. The predicted molar refractivity (Wildman–Crippen MR) is 182 cm³/mol. The molecule has 2 aliphatic rings. The number of nitrogen functional groups attached to an aromatic ring is 1. The van der Waals surface area contributed by atoms with E-state index in [1.165, 1.54) is 6.07 Å². The Morgan fingerprint density at radius 2 is 1.72 bits per heavy atom. The zero-order chi connectivity index (χ0) is 32.0. The summed E-state index contributed by atoms with van der Waals surface area (Å²) in [6.07, 6.45) is 4.80. The zero-order valence-electron chi connectivity index (χ0n) is 26.0. The molecule has 4 rings (SSSR count). The van der Waals surface area contributed by atoms with Gasteiger partial charge in [0, 0.05) is 31.5 Å². The molecule has 0 aliphatic carbocycles. The van der Waals surface area contributed by atoms with Crippen molar-refractivity contribution in [1.82, 2.24) is 4.90 Å². The van der Waals surface area contributed by atoms with Gasteiger partial charge in [0.2, 0.25) is 10.0 Å². The molecule has 252 valence electrons. The fraction of sp³-hybridized carbons (Fsp3) is 0.419. The van der Waals surface area contributed by atoms with E-state index in [2.05, 4.69) is 0 Å². The number of hydrogen-bond acceptors (Lipinski definition) is 9. The number of rotatable bonds is 11. The standard InChI is InChI=1S/C31H39N5O7S.2ClH/c1-4-41-29(37)19-44(39,40)36-24(10-9-21-7-6-8-22(15-21)30(33)34)16-23-17-28(26(18-27(23)36)31(38)42-5-2)43-25-11-13-35(14-12-25)20(3)32;;/h6-10,15,17-18,24-25,32H,4-5,11-14,16,19H2,1-3H3,(H3,33,34);2*1H/b10-9+,32-20?;;. The molecule has 0 bridgehead atoms. The third-order valence-electron chi connectivity index (χ3n) is 7.47. The van der Waals surface area contributed by atoms with Crippen LogP contribution in [0.1, 0.15) is 60.7 Å². The minimum Gasteiger partial charge on any atom is -0.489 e. The molecule has 2 aromatic carbocycles. The minimum absolute atomic E-state index is 0. The number of ether oxygens (including phenoxy) is 3. The minimum atomic E-state index is -4.24. The highest BCUT2D eigenvalue weighted by molar-refractivity contribution is 7.93. The van der Waals surface area contributed by atoms with E-state index in [0.29, 0.717) is 54.2 Å². The summed E-state index contributed by atoms with van der Waals surface area (Å²) in [6.45, 7) is 6.47. The Labute approximate surface area is 282 Å². The molecule has 0 amide bonds. The first-order chi connectivity index (χ1) is 20.9. The maximum Gasteiger partial charge on any atom is 0.341 e. The number of carbonyl (C=O) groups is 2. The Bertz CT molecular complexity index is 1580. The van der Waals surface area contributed by atoms with Crippen molar-refractivity contribution < 1.29 is 32.2 Å². The van der Waals surface area contributed by atoms with E-state index < -0.39 is 33.8 Å². The lowest BCUT2D eigenvalue weighted by atomic mass is 10.0. The molecule has 2 aromatic rings. The Kier molecular flexibility index (Phi) is 13.9. The van der Waals surface area contributed by atoms with Crippen molar-refractivity contribution in [2.75, 3.05) is 36.4 Å². The zero-order valence-corrected chi connectivity index (χ0v) is 28.4. The summed E-state index contributed by atoms with van der Waals surface area (Å²) in [7, 11) is -4.24. The number of halogens is 2.